The van der Waals surface area contributed by atoms with E-state index >= 15 is 0 Å². The number of aliphatic hydroxyl groups is 1. The third kappa shape index (κ3) is 2.33. The van der Waals surface area contributed by atoms with Gasteiger partial charge in [-0.3, -0.25) is 9.78 Å². The van der Waals surface area contributed by atoms with Crippen molar-refractivity contribution >= 4 is 5.91 Å². The number of aliphatic hydroxyl groups excluding tert-OH is 1. The number of carbonyl (C=O) groups excluding carboxylic acids is 1. The minimum Gasteiger partial charge on any atom is -0.393 e. The second-order valence-corrected chi connectivity index (χ2v) is 4.05. The summed E-state index contributed by atoms with van der Waals surface area (Å²) in [7, 11) is 0. The Kier molecular flexibility index (Phi) is 2.68. The predicted octanol–water partition coefficient (Wildman–Crippen LogP) is 0.643. The largest absolute Gasteiger partial charge is 0.393 e. The molecule has 0 aliphatic heterocycles. The van der Waals surface area contributed by atoms with Crippen molar-refractivity contribution in [2.45, 2.75) is 31.9 Å². The summed E-state index contributed by atoms with van der Waals surface area (Å²) >= 11 is 0. The van der Waals surface area contributed by atoms with Gasteiger partial charge in [-0.15, -0.1) is 0 Å². The lowest BCUT2D eigenvalue weighted by molar-refractivity contribution is 0.0562. The van der Waals surface area contributed by atoms with Crippen LogP contribution in [0.1, 0.15) is 28.8 Å². The molecule has 4 nitrogen and oxygen atoms in total. The van der Waals surface area contributed by atoms with Crippen molar-refractivity contribution in [1.82, 2.24) is 10.3 Å². The molecule has 80 valence electrons. The highest BCUT2D eigenvalue weighted by Gasteiger charge is 2.28. The molecule has 2 rings (SSSR count). The first-order chi connectivity index (χ1) is 7.15. The van der Waals surface area contributed by atoms with Gasteiger partial charge in [0.05, 0.1) is 11.7 Å². The van der Waals surface area contributed by atoms with Gasteiger partial charge in [0.25, 0.3) is 5.91 Å². The molecular formula is C11H14N2O2. The molecule has 1 aromatic rings. The maximum Gasteiger partial charge on any atom is 0.253 e. The molecule has 1 aliphatic carbocycles. The van der Waals surface area contributed by atoms with Crippen LogP contribution < -0.4 is 5.32 Å². The monoisotopic (exact) mass is 206 g/mol. The lowest BCUT2D eigenvalue weighted by Crippen LogP contribution is -2.46. The van der Waals surface area contributed by atoms with Gasteiger partial charge in [0.15, 0.2) is 0 Å². The Morgan fingerprint density at radius 1 is 1.53 bits per heavy atom. The molecule has 2 N–H and O–H groups in total. The number of pyridine rings is 1. The molecule has 0 bridgehead atoms. The lowest BCUT2D eigenvalue weighted by atomic mass is 9.89. The van der Waals surface area contributed by atoms with Crippen LogP contribution >= 0.6 is 0 Å². The maximum absolute atomic E-state index is 11.7. The van der Waals surface area contributed by atoms with E-state index in [4.69, 9.17) is 5.11 Å². The Balaban J connectivity index is 1.96. The lowest BCUT2D eigenvalue weighted by Gasteiger charge is -2.31. The van der Waals surface area contributed by atoms with Crippen LogP contribution in [0.4, 0.5) is 0 Å². The number of nitrogens with one attached hydrogen (secondary N) is 1. The van der Waals surface area contributed by atoms with Gasteiger partial charge in [-0.25, -0.2) is 0 Å². The first-order valence-electron chi connectivity index (χ1n) is 5.06. The summed E-state index contributed by atoms with van der Waals surface area (Å²) in [4.78, 5) is 15.6. The number of nitrogens with zero attached hydrogens (tertiary/aromatic N) is 1. The minimum atomic E-state index is -0.245. The second-order valence-electron chi connectivity index (χ2n) is 4.05. The van der Waals surface area contributed by atoms with E-state index < -0.39 is 0 Å². The van der Waals surface area contributed by atoms with Crippen molar-refractivity contribution in [1.29, 1.82) is 0 Å². The highest BCUT2D eigenvalue weighted by Crippen LogP contribution is 2.19. The van der Waals surface area contributed by atoms with Crippen molar-refractivity contribution in [3.8, 4) is 0 Å². The van der Waals surface area contributed by atoms with Gasteiger partial charge in [0.2, 0.25) is 0 Å². The zero-order valence-corrected chi connectivity index (χ0v) is 8.60. The molecule has 0 unspecified atom stereocenters. The van der Waals surface area contributed by atoms with Crippen molar-refractivity contribution in [2.75, 3.05) is 0 Å². The van der Waals surface area contributed by atoms with E-state index in [1.54, 1.807) is 18.5 Å². The summed E-state index contributed by atoms with van der Waals surface area (Å²) in [6.45, 7) is 1.90. The Morgan fingerprint density at radius 2 is 2.27 bits per heavy atom. The van der Waals surface area contributed by atoms with Crippen LogP contribution in [0.3, 0.4) is 0 Å². The average Bonchev–Trinajstić information content (AvgIpc) is 2.15. The highest BCUT2D eigenvalue weighted by molar-refractivity contribution is 5.94. The second kappa shape index (κ2) is 3.98. The van der Waals surface area contributed by atoms with E-state index in [9.17, 15) is 4.79 Å². The molecule has 0 atom stereocenters. The van der Waals surface area contributed by atoms with Gasteiger partial charge in [-0.2, -0.15) is 0 Å². The predicted molar refractivity (Wildman–Crippen MR) is 55.5 cm³/mol. The van der Waals surface area contributed by atoms with Crippen molar-refractivity contribution in [3.05, 3.63) is 29.6 Å². The SMILES string of the molecule is Cc1cncc(C(=O)NC2CC(O)C2)c1. The molecule has 0 aromatic carbocycles. The standard InChI is InChI=1S/C11H14N2O2/c1-7-2-8(6-12-5-7)11(15)13-9-3-10(14)4-9/h2,5-6,9-10,14H,3-4H2,1H3,(H,13,15). The van der Waals surface area contributed by atoms with Gasteiger partial charge >= 0.3 is 0 Å². The summed E-state index contributed by atoms with van der Waals surface area (Å²) < 4.78 is 0. The van der Waals surface area contributed by atoms with Gasteiger partial charge in [0.1, 0.15) is 0 Å². The third-order valence-electron chi connectivity index (χ3n) is 2.59. The molecule has 0 spiro atoms. The van der Waals surface area contributed by atoms with Crippen molar-refractivity contribution < 1.29 is 9.90 Å². The number of carbonyl (C=O) groups is 1. The molecule has 4 heteroatoms. The molecule has 0 radical (unpaired) electrons. The number of hydrogen-bond donors (Lipinski definition) is 2. The number of rotatable bonds is 2. The van der Waals surface area contributed by atoms with Crippen LogP contribution in [0, 0.1) is 6.92 Å². The molecule has 15 heavy (non-hydrogen) atoms. The van der Waals surface area contributed by atoms with Gasteiger partial charge in [0, 0.05) is 18.4 Å². The maximum atomic E-state index is 11.7. The topological polar surface area (TPSA) is 62.2 Å². The fraction of sp³-hybridized carbons (Fsp3) is 0.455. The quantitative estimate of drug-likeness (QED) is 0.746. The van der Waals surface area contributed by atoms with E-state index in [2.05, 4.69) is 10.3 Å². The average molecular weight is 206 g/mol. The third-order valence-corrected chi connectivity index (χ3v) is 2.59. The normalized spacial score (nSPS) is 24.4. The molecular weight excluding hydrogens is 192 g/mol. The fourth-order valence-electron chi connectivity index (χ4n) is 1.65. The van der Waals surface area contributed by atoms with Crippen LogP contribution in [0.15, 0.2) is 18.5 Å². The van der Waals surface area contributed by atoms with Gasteiger partial charge in [-0.05, 0) is 31.4 Å². The Bertz CT molecular complexity index is 373. The van der Waals surface area contributed by atoms with Gasteiger partial charge < -0.3 is 10.4 Å². The fourth-order valence-corrected chi connectivity index (χ4v) is 1.65. The van der Waals surface area contributed by atoms with Gasteiger partial charge in [-0.1, -0.05) is 0 Å². The summed E-state index contributed by atoms with van der Waals surface area (Å²) in [5.41, 5.74) is 1.55. The summed E-state index contributed by atoms with van der Waals surface area (Å²) in [5.74, 6) is -0.108. The molecule has 1 saturated carbocycles. The zero-order chi connectivity index (χ0) is 10.8. The van der Waals surface area contributed by atoms with Crippen molar-refractivity contribution in [2.24, 2.45) is 0 Å². The van der Waals surface area contributed by atoms with E-state index in [1.807, 2.05) is 6.92 Å². The molecule has 1 heterocycles. The first-order valence-corrected chi connectivity index (χ1v) is 5.06. The smallest absolute Gasteiger partial charge is 0.253 e. The van der Waals surface area contributed by atoms with E-state index in [-0.39, 0.29) is 18.1 Å². The minimum absolute atomic E-state index is 0.108. The zero-order valence-electron chi connectivity index (χ0n) is 8.60. The Labute approximate surface area is 88.3 Å². The van der Waals surface area contributed by atoms with E-state index in [1.165, 1.54) is 0 Å². The Hall–Kier alpha value is -1.42. The highest BCUT2D eigenvalue weighted by atomic mass is 16.3. The first kappa shape index (κ1) is 10.1. The molecule has 1 aliphatic rings. The Morgan fingerprint density at radius 3 is 2.87 bits per heavy atom. The van der Waals surface area contributed by atoms with Crippen molar-refractivity contribution in [3.63, 3.8) is 0 Å². The number of aromatic nitrogens is 1. The van der Waals surface area contributed by atoms with Crippen LogP contribution in [0.25, 0.3) is 0 Å². The van der Waals surface area contributed by atoms with E-state index in [0.717, 1.165) is 5.56 Å². The molecule has 0 saturated heterocycles. The van der Waals surface area contributed by atoms with Crippen LogP contribution in [-0.4, -0.2) is 28.1 Å². The molecule has 1 aromatic heterocycles. The van der Waals surface area contributed by atoms with Crippen LogP contribution in [0.5, 0.6) is 0 Å². The number of aryl methyl sites for hydroxylation is 1. The van der Waals surface area contributed by atoms with Crippen LogP contribution in [0.2, 0.25) is 0 Å². The summed E-state index contributed by atoms with van der Waals surface area (Å²) in [5, 5.41) is 11.9. The summed E-state index contributed by atoms with van der Waals surface area (Å²) in [6.07, 6.45) is 4.34. The van der Waals surface area contributed by atoms with Crippen LogP contribution in [-0.2, 0) is 0 Å². The molecule has 1 amide bonds. The number of amides is 1. The summed E-state index contributed by atoms with van der Waals surface area (Å²) in [6, 6.07) is 1.92. The van der Waals surface area contributed by atoms with E-state index in [0.29, 0.717) is 18.4 Å². The number of hydrogen-bond acceptors (Lipinski definition) is 3. The molecule has 1 fully saturated rings.